The largest absolute Gasteiger partial charge is 0.322 e. The van der Waals surface area contributed by atoms with Crippen LogP contribution < -0.4 is 10.6 Å². The van der Waals surface area contributed by atoms with Crippen molar-refractivity contribution in [3.8, 4) is 0 Å². The Morgan fingerprint density at radius 2 is 2.00 bits per heavy atom. The molecule has 3 rings (SSSR count). The molecular formula is C16H12ClF2N3O2. The number of rotatable bonds is 4. The van der Waals surface area contributed by atoms with E-state index in [0.717, 1.165) is 6.07 Å². The van der Waals surface area contributed by atoms with E-state index in [1.165, 1.54) is 30.5 Å². The van der Waals surface area contributed by atoms with Crippen LogP contribution in [-0.2, 0) is 4.79 Å². The van der Waals surface area contributed by atoms with Crippen molar-refractivity contribution in [2.75, 3.05) is 10.6 Å². The monoisotopic (exact) mass is 351 g/mol. The minimum absolute atomic E-state index is 0.0159. The first-order valence-corrected chi connectivity index (χ1v) is 7.50. The summed E-state index contributed by atoms with van der Waals surface area (Å²) >= 11 is 5.84. The molecule has 0 radical (unpaired) electrons. The zero-order valence-corrected chi connectivity index (χ0v) is 13.0. The summed E-state index contributed by atoms with van der Waals surface area (Å²) < 4.78 is 26.6. The fraction of sp³-hybridized carbons (Fsp3) is 0.188. The fourth-order valence-electron chi connectivity index (χ4n) is 2.14. The SMILES string of the molecule is O=C(Nc1ccnc(NC(=O)[C@H]2C[C@H]2F)c1)c1c(F)cccc1Cl. The fourth-order valence-corrected chi connectivity index (χ4v) is 2.39. The first-order chi connectivity index (χ1) is 11.5. The third kappa shape index (κ3) is 3.51. The summed E-state index contributed by atoms with van der Waals surface area (Å²) in [5.74, 6) is -2.42. The van der Waals surface area contributed by atoms with E-state index in [0.29, 0.717) is 0 Å². The molecule has 0 unspecified atom stereocenters. The van der Waals surface area contributed by atoms with Gasteiger partial charge in [-0.05, 0) is 24.6 Å². The van der Waals surface area contributed by atoms with Crippen LogP contribution in [0.25, 0.3) is 0 Å². The number of amides is 2. The van der Waals surface area contributed by atoms with Gasteiger partial charge in [-0.1, -0.05) is 17.7 Å². The number of hydrogen-bond acceptors (Lipinski definition) is 3. The Bertz CT molecular complexity index is 795. The van der Waals surface area contributed by atoms with E-state index >= 15 is 0 Å². The van der Waals surface area contributed by atoms with Crippen LogP contribution >= 0.6 is 11.6 Å². The molecule has 2 atom stereocenters. The standard InChI is InChI=1S/C16H12ClF2N3O2/c17-10-2-1-3-11(18)14(10)16(24)21-8-4-5-20-13(6-8)22-15(23)9-7-12(9)19/h1-6,9,12H,7H2,(H2,20,21,22,23,24)/t9-,12+/m0/s1. The molecule has 1 fully saturated rings. The molecule has 0 saturated heterocycles. The molecule has 5 nitrogen and oxygen atoms in total. The molecule has 1 aliphatic rings. The molecule has 0 aliphatic heterocycles. The molecule has 1 aromatic heterocycles. The molecule has 24 heavy (non-hydrogen) atoms. The second-order valence-electron chi connectivity index (χ2n) is 5.33. The van der Waals surface area contributed by atoms with E-state index < -0.39 is 29.7 Å². The van der Waals surface area contributed by atoms with Gasteiger partial charge in [-0.2, -0.15) is 0 Å². The number of nitrogens with one attached hydrogen (secondary N) is 2. The maximum absolute atomic E-state index is 13.7. The lowest BCUT2D eigenvalue weighted by atomic mass is 10.2. The summed E-state index contributed by atoms with van der Waals surface area (Å²) in [4.78, 5) is 27.8. The number of aromatic nitrogens is 1. The number of hydrogen-bond donors (Lipinski definition) is 2. The lowest BCUT2D eigenvalue weighted by Crippen LogP contribution is -2.17. The summed E-state index contributed by atoms with van der Waals surface area (Å²) in [7, 11) is 0. The summed E-state index contributed by atoms with van der Waals surface area (Å²) in [5.41, 5.74) is 0.0111. The number of carbonyl (C=O) groups excluding carboxylic acids is 2. The summed E-state index contributed by atoms with van der Waals surface area (Å²) in [6.45, 7) is 0. The smallest absolute Gasteiger partial charge is 0.260 e. The molecule has 0 spiro atoms. The van der Waals surface area contributed by atoms with Crippen LogP contribution in [0.15, 0.2) is 36.5 Å². The van der Waals surface area contributed by atoms with Gasteiger partial charge in [0.15, 0.2) is 0 Å². The zero-order chi connectivity index (χ0) is 17.3. The molecule has 1 aliphatic carbocycles. The molecule has 1 saturated carbocycles. The van der Waals surface area contributed by atoms with Crippen molar-refractivity contribution in [1.29, 1.82) is 0 Å². The molecule has 2 N–H and O–H groups in total. The van der Waals surface area contributed by atoms with Crippen LogP contribution in [-0.4, -0.2) is 23.0 Å². The van der Waals surface area contributed by atoms with Crippen LogP contribution in [0.1, 0.15) is 16.8 Å². The number of carbonyl (C=O) groups is 2. The van der Waals surface area contributed by atoms with Gasteiger partial charge >= 0.3 is 0 Å². The minimum atomic E-state index is -1.11. The molecule has 1 aromatic carbocycles. The van der Waals surface area contributed by atoms with Crippen LogP contribution in [0.2, 0.25) is 5.02 Å². The van der Waals surface area contributed by atoms with E-state index in [1.54, 1.807) is 0 Å². The van der Waals surface area contributed by atoms with Gasteiger partial charge in [0.25, 0.3) is 5.91 Å². The second kappa shape index (κ2) is 6.52. The van der Waals surface area contributed by atoms with Crippen LogP contribution in [0, 0.1) is 11.7 Å². The van der Waals surface area contributed by atoms with E-state index in [-0.39, 0.29) is 28.5 Å². The maximum atomic E-state index is 13.7. The first-order valence-electron chi connectivity index (χ1n) is 7.12. The van der Waals surface area contributed by atoms with Crippen molar-refractivity contribution >= 4 is 34.9 Å². The van der Waals surface area contributed by atoms with Crippen molar-refractivity contribution in [3.63, 3.8) is 0 Å². The Morgan fingerprint density at radius 3 is 2.67 bits per heavy atom. The lowest BCUT2D eigenvalue weighted by molar-refractivity contribution is -0.117. The van der Waals surface area contributed by atoms with E-state index in [9.17, 15) is 18.4 Å². The predicted octanol–water partition coefficient (Wildman–Crippen LogP) is 3.42. The van der Waals surface area contributed by atoms with Gasteiger partial charge in [-0.15, -0.1) is 0 Å². The second-order valence-corrected chi connectivity index (χ2v) is 5.74. The Kier molecular flexibility index (Phi) is 4.44. The highest BCUT2D eigenvalue weighted by Gasteiger charge is 2.43. The quantitative estimate of drug-likeness (QED) is 0.886. The minimum Gasteiger partial charge on any atom is -0.322 e. The predicted molar refractivity (Wildman–Crippen MR) is 85.2 cm³/mol. The van der Waals surface area contributed by atoms with Crippen LogP contribution in [0.4, 0.5) is 20.3 Å². The third-order valence-electron chi connectivity index (χ3n) is 3.51. The lowest BCUT2D eigenvalue weighted by Gasteiger charge is -2.09. The van der Waals surface area contributed by atoms with E-state index in [4.69, 9.17) is 11.6 Å². The molecule has 1 heterocycles. The number of nitrogens with zero attached hydrogens (tertiary/aromatic N) is 1. The van der Waals surface area contributed by atoms with Crippen molar-refractivity contribution in [2.24, 2.45) is 5.92 Å². The van der Waals surface area contributed by atoms with Crippen LogP contribution in [0.3, 0.4) is 0 Å². The van der Waals surface area contributed by atoms with E-state index in [1.807, 2.05) is 0 Å². The third-order valence-corrected chi connectivity index (χ3v) is 3.82. The van der Waals surface area contributed by atoms with Gasteiger partial charge in [-0.3, -0.25) is 9.59 Å². The Labute approximate surface area is 141 Å². The average molecular weight is 352 g/mol. The Morgan fingerprint density at radius 1 is 1.25 bits per heavy atom. The highest BCUT2D eigenvalue weighted by atomic mass is 35.5. The van der Waals surface area contributed by atoms with Crippen molar-refractivity contribution in [2.45, 2.75) is 12.6 Å². The average Bonchev–Trinajstić information content (AvgIpc) is 3.24. The van der Waals surface area contributed by atoms with Gasteiger partial charge in [0.1, 0.15) is 17.8 Å². The molecule has 8 heteroatoms. The summed E-state index contributed by atoms with van der Waals surface area (Å²) in [6.07, 6.45) is 0.443. The van der Waals surface area contributed by atoms with Crippen molar-refractivity contribution in [3.05, 3.63) is 52.9 Å². The van der Waals surface area contributed by atoms with Gasteiger partial charge in [0.2, 0.25) is 5.91 Å². The number of anilines is 2. The topological polar surface area (TPSA) is 71.1 Å². The zero-order valence-electron chi connectivity index (χ0n) is 12.2. The summed E-state index contributed by atoms with van der Waals surface area (Å²) in [5, 5.41) is 4.93. The highest BCUT2D eigenvalue weighted by molar-refractivity contribution is 6.34. The first kappa shape index (κ1) is 16.3. The van der Waals surface area contributed by atoms with Gasteiger partial charge in [-0.25, -0.2) is 13.8 Å². The molecule has 2 amide bonds. The van der Waals surface area contributed by atoms with Gasteiger partial charge in [0.05, 0.1) is 16.5 Å². The molecule has 2 aromatic rings. The van der Waals surface area contributed by atoms with E-state index in [2.05, 4.69) is 15.6 Å². The number of halogens is 3. The molecule has 124 valence electrons. The van der Waals surface area contributed by atoms with Crippen molar-refractivity contribution < 1.29 is 18.4 Å². The van der Waals surface area contributed by atoms with Gasteiger partial charge < -0.3 is 10.6 Å². The molecular weight excluding hydrogens is 340 g/mol. The number of pyridine rings is 1. The molecule has 0 bridgehead atoms. The number of benzene rings is 1. The number of alkyl halides is 1. The van der Waals surface area contributed by atoms with Crippen LogP contribution in [0.5, 0.6) is 0 Å². The summed E-state index contributed by atoms with van der Waals surface area (Å²) in [6, 6.07) is 6.78. The Hall–Kier alpha value is -2.54. The normalized spacial score (nSPS) is 18.8. The van der Waals surface area contributed by atoms with Crippen molar-refractivity contribution in [1.82, 2.24) is 4.98 Å². The maximum Gasteiger partial charge on any atom is 0.260 e. The highest BCUT2D eigenvalue weighted by Crippen LogP contribution is 2.34. The van der Waals surface area contributed by atoms with Gasteiger partial charge in [0, 0.05) is 18.0 Å². The Balaban J connectivity index is 1.72.